The van der Waals surface area contributed by atoms with E-state index in [4.69, 9.17) is 4.74 Å². The van der Waals surface area contributed by atoms with Gasteiger partial charge in [-0.25, -0.2) is 0 Å². The topological polar surface area (TPSA) is 61.8 Å². The van der Waals surface area contributed by atoms with Gasteiger partial charge in [-0.3, -0.25) is 4.79 Å². The number of ether oxygens (including phenoxy) is 1. The van der Waals surface area contributed by atoms with E-state index in [9.17, 15) is 9.90 Å². The van der Waals surface area contributed by atoms with E-state index < -0.39 is 11.5 Å². The van der Waals surface area contributed by atoms with Crippen LogP contribution in [0.1, 0.15) is 52.9 Å². The van der Waals surface area contributed by atoms with Crippen LogP contribution in [0.3, 0.4) is 0 Å². The molecule has 3 unspecified atom stereocenters. The standard InChI is InChI=1S/C16H32N2O3/c1-5-9-17-16(3,15(19)20)11-13(2)18(4)12-14-8-6-7-10-21-14/h13-14,17H,5-12H2,1-4H3,(H,19,20). The first kappa shape index (κ1) is 18.4. The van der Waals surface area contributed by atoms with E-state index in [1.165, 1.54) is 6.42 Å². The van der Waals surface area contributed by atoms with Gasteiger partial charge in [0.1, 0.15) is 5.54 Å². The highest BCUT2D eigenvalue weighted by Crippen LogP contribution is 2.19. The van der Waals surface area contributed by atoms with Gasteiger partial charge in [0.15, 0.2) is 0 Å². The predicted molar refractivity (Wildman–Crippen MR) is 84.6 cm³/mol. The third-order valence-corrected chi connectivity index (χ3v) is 4.46. The van der Waals surface area contributed by atoms with Crippen LogP contribution in [-0.4, -0.2) is 60.4 Å². The Morgan fingerprint density at radius 2 is 2.24 bits per heavy atom. The molecule has 0 spiro atoms. The summed E-state index contributed by atoms with van der Waals surface area (Å²) in [6.07, 6.45) is 5.33. The molecule has 3 atom stereocenters. The minimum atomic E-state index is -0.864. The van der Waals surface area contributed by atoms with E-state index in [-0.39, 0.29) is 6.04 Å². The largest absolute Gasteiger partial charge is 0.480 e. The maximum absolute atomic E-state index is 11.6. The molecule has 0 aromatic carbocycles. The molecular formula is C16H32N2O3. The molecule has 0 aromatic rings. The van der Waals surface area contributed by atoms with Crippen LogP contribution in [0.15, 0.2) is 0 Å². The molecular weight excluding hydrogens is 268 g/mol. The molecule has 0 aromatic heterocycles. The zero-order chi connectivity index (χ0) is 15.9. The average Bonchev–Trinajstić information content (AvgIpc) is 2.46. The van der Waals surface area contributed by atoms with Crippen molar-refractivity contribution in [2.75, 3.05) is 26.7 Å². The Balaban J connectivity index is 2.50. The fraction of sp³-hybridized carbons (Fsp3) is 0.938. The summed E-state index contributed by atoms with van der Waals surface area (Å²) < 4.78 is 5.77. The lowest BCUT2D eigenvalue weighted by Crippen LogP contribution is -2.54. The van der Waals surface area contributed by atoms with Crippen molar-refractivity contribution in [1.82, 2.24) is 10.2 Å². The van der Waals surface area contributed by atoms with Crippen molar-refractivity contribution >= 4 is 5.97 Å². The molecule has 21 heavy (non-hydrogen) atoms. The van der Waals surface area contributed by atoms with Crippen LogP contribution in [-0.2, 0) is 9.53 Å². The molecule has 1 heterocycles. The Labute approximate surface area is 129 Å². The van der Waals surface area contributed by atoms with Gasteiger partial charge in [-0.05, 0) is 59.5 Å². The van der Waals surface area contributed by atoms with Gasteiger partial charge in [0, 0.05) is 19.2 Å². The minimum absolute atomic E-state index is 0.195. The van der Waals surface area contributed by atoms with Gasteiger partial charge < -0.3 is 20.1 Å². The van der Waals surface area contributed by atoms with Crippen LogP contribution in [0.25, 0.3) is 0 Å². The smallest absolute Gasteiger partial charge is 0.323 e. The number of rotatable bonds is 9. The summed E-state index contributed by atoms with van der Waals surface area (Å²) in [6.45, 7) is 8.39. The van der Waals surface area contributed by atoms with Crippen LogP contribution < -0.4 is 5.32 Å². The SMILES string of the molecule is CCCNC(C)(CC(C)N(C)CC1CCCCO1)C(=O)O. The van der Waals surface area contributed by atoms with E-state index in [1.54, 1.807) is 6.92 Å². The number of hydrogen-bond donors (Lipinski definition) is 2. The Morgan fingerprint density at radius 3 is 2.76 bits per heavy atom. The van der Waals surface area contributed by atoms with E-state index in [2.05, 4.69) is 24.2 Å². The molecule has 0 aliphatic carbocycles. The molecule has 0 amide bonds. The highest BCUT2D eigenvalue weighted by molar-refractivity contribution is 5.78. The van der Waals surface area contributed by atoms with Crippen molar-refractivity contribution in [3.05, 3.63) is 0 Å². The average molecular weight is 300 g/mol. The molecule has 2 N–H and O–H groups in total. The van der Waals surface area contributed by atoms with Crippen LogP contribution in [0.4, 0.5) is 0 Å². The maximum atomic E-state index is 11.6. The highest BCUT2D eigenvalue weighted by Gasteiger charge is 2.35. The number of carboxylic acid groups (broad SMARTS) is 1. The predicted octanol–water partition coefficient (Wildman–Crippen LogP) is 2.11. The van der Waals surface area contributed by atoms with Gasteiger partial charge in [0.2, 0.25) is 0 Å². The number of hydrogen-bond acceptors (Lipinski definition) is 4. The van der Waals surface area contributed by atoms with Crippen molar-refractivity contribution in [3.63, 3.8) is 0 Å². The zero-order valence-corrected chi connectivity index (χ0v) is 14.0. The van der Waals surface area contributed by atoms with Gasteiger partial charge in [-0.1, -0.05) is 6.92 Å². The van der Waals surface area contributed by atoms with Crippen molar-refractivity contribution in [2.45, 2.75) is 70.6 Å². The van der Waals surface area contributed by atoms with Crippen LogP contribution in [0.2, 0.25) is 0 Å². The molecule has 1 rings (SSSR count). The lowest BCUT2D eigenvalue weighted by atomic mass is 9.92. The summed E-state index contributed by atoms with van der Waals surface area (Å²) in [7, 11) is 2.06. The van der Waals surface area contributed by atoms with E-state index in [0.717, 1.165) is 39.0 Å². The second-order valence-corrected chi connectivity index (χ2v) is 6.55. The quantitative estimate of drug-likeness (QED) is 0.683. The summed E-state index contributed by atoms with van der Waals surface area (Å²) in [4.78, 5) is 13.8. The number of aliphatic carboxylic acids is 1. The normalized spacial score (nSPS) is 23.8. The van der Waals surface area contributed by atoms with Gasteiger partial charge in [0.25, 0.3) is 0 Å². The van der Waals surface area contributed by atoms with Crippen LogP contribution in [0.5, 0.6) is 0 Å². The van der Waals surface area contributed by atoms with Crippen molar-refractivity contribution in [3.8, 4) is 0 Å². The fourth-order valence-electron chi connectivity index (χ4n) is 2.84. The van der Waals surface area contributed by atoms with Crippen molar-refractivity contribution in [1.29, 1.82) is 0 Å². The number of nitrogens with zero attached hydrogens (tertiary/aromatic N) is 1. The molecule has 1 aliphatic rings. The van der Waals surface area contributed by atoms with E-state index in [1.807, 2.05) is 6.92 Å². The van der Waals surface area contributed by atoms with E-state index in [0.29, 0.717) is 12.5 Å². The van der Waals surface area contributed by atoms with Crippen molar-refractivity contribution < 1.29 is 14.6 Å². The Morgan fingerprint density at radius 1 is 1.52 bits per heavy atom. The summed E-state index contributed by atoms with van der Waals surface area (Å²) in [5, 5.41) is 12.7. The zero-order valence-electron chi connectivity index (χ0n) is 14.0. The number of nitrogens with one attached hydrogen (secondary N) is 1. The first-order valence-corrected chi connectivity index (χ1v) is 8.19. The Bertz CT molecular complexity index is 319. The first-order valence-electron chi connectivity index (χ1n) is 8.19. The molecule has 1 fully saturated rings. The molecule has 5 nitrogen and oxygen atoms in total. The van der Waals surface area contributed by atoms with Gasteiger partial charge in [0.05, 0.1) is 6.10 Å². The molecule has 1 aliphatic heterocycles. The molecule has 0 saturated carbocycles. The second-order valence-electron chi connectivity index (χ2n) is 6.55. The molecule has 0 bridgehead atoms. The van der Waals surface area contributed by atoms with Gasteiger partial charge in [-0.2, -0.15) is 0 Å². The summed E-state index contributed by atoms with van der Waals surface area (Å²) in [5.41, 5.74) is -0.864. The third-order valence-electron chi connectivity index (χ3n) is 4.46. The fourth-order valence-corrected chi connectivity index (χ4v) is 2.84. The molecule has 5 heteroatoms. The summed E-state index contributed by atoms with van der Waals surface area (Å²) in [6, 6.07) is 0.195. The van der Waals surface area contributed by atoms with Crippen molar-refractivity contribution in [2.24, 2.45) is 0 Å². The lowest BCUT2D eigenvalue weighted by Gasteiger charge is -2.35. The molecule has 1 saturated heterocycles. The summed E-state index contributed by atoms with van der Waals surface area (Å²) in [5.74, 6) is -0.773. The number of carbonyl (C=O) groups is 1. The number of likely N-dealkylation sites (N-methyl/N-ethyl adjacent to an activating group) is 1. The molecule has 124 valence electrons. The minimum Gasteiger partial charge on any atom is -0.480 e. The third kappa shape index (κ3) is 5.93. The first-order chi connectivity index (χ1) is 9.89. The second kappa shape index (κ2) is 8.71. The van der Waals surface area contributed by atoms with Gasteiger partial charge in [-0.15, -0.1) is 0 Å². The lowest BCUT2D eigenvalue weighted by molar-refractivity contribution is -0.145. The highest BCUT2D eigenvalue weighted by atomic mass is 16.5. The number of carboxylic acids is 1. The van der Waals surface area contributed by atoms with E-state index >= 15 is 0 Å². The molecule has 0 radical (unpaired) electrons. The van der Waals surface area contributed by atoms with Crippen LogP contribution in [0, 0.1) is 0 Å². The summed E-state index contributed by atoms with van der Waals surface area (Å²) >= 11 is 0. The monoisotopic (exact) mass is 300 g/mol. The Hall–Kier alpha value is -0.650. The van der Waals surface area contributed by atoms with Gasteiger partial charge >= 0.3 is 5.97 Å². The van der Waals surface area contributed by atoms with Crippen LogP contribution >= 0.6 is 0 Å². The maximum Gasteiger partial charge on any atom is 0.323 e. The Kier molecular flexibility index (Phi) is 7.63.